The second-order valence-corrected chi connectivity index (χ2v) is 6.99. The Kier molecular flexibility index (Phi) is 5.99. The quantitative estimate of drug-likeness (QED) is 0.815. The van der Waals surface area contributed by atoms with Gasteiger partial charge in [0, 0.05) is 31.9 Å². The van der Waals surface area contributed by atoms with Crippen LogP contribution in [0.25, 0.3) is 0 Å². The van der Waals surface area contributed by atoms with Gasteiger partial charge in [-0.05, 0) is 68.4 Å². The van der Waals surface area contributed by atoms with Crippen molar-refractivity contribution in [3.63, 3.8) is 0 Å². The van der Waals surface area contributed by atoms with Gasteiger partial charge >= 0.3 is 0 Å². The zero-order valence-electron chi connectivity index (χ0n) is 15.8. The molecule has 0 aliphatic carbocycles. The number of ether oxygens (including phenoxy) is 1. The van der Waals surface area contributed by atoms with Gasteiger partial charge in [0.1, 0.15) is 5.75 Å². The Labute approximate surface area is 161 Å². The van der Waals surface area contributed by atoms with Crippen molar-refractivity contribution in [2.45, 2.75) is 20.8 Å². The van der Waals surface area contributed by atoms with Crippen molar-refractivity contribution in [2.75, 3.05) is 43.0 Å². The van der Waals surface area contributed by atoms with Gasteiger partial charge in [0.25, 0.3) is 0 Å². The van der Waals surface area contributed by atoms with Crippen molar-refractivity contribution in [1.29, 1.82) is 0 Å². The molecule has 0 atom stereocenters. The fraction of sp³-hybridized carbons (Fsp3) is 0.381. The van der Waals surface area contributed by atoms with Gasteiger partial charge in [-0.15, -0.1) is 0 Å². The molecule has 1 aliphatic heterocycles. The fourth-order valence-corrected chi connectivity index (χ4v) is 3.47. The molecule has 1 N–H and O–H groups in total. The molecule has 3 rings (SSSR count). The van der Waals surface area contributed by atoms with E-state index < -0.39 is 0 Å². The summed E-state index contributed by atoms with van der Waals surface area (Å²) in [6.07, 6.45) is 0. The molecule has 0 saturated carbocycles. The molecular weight excluding hydrogens is 342 g/mol. The van der Waals surface area contributed by atoms with Crippen LogP contribution in [-0.4, -0.2) is 42.8 Å². The van der Waals surface area contributed by atoms with E-state index in [-0.39, 0.29) is 0 Å². The van der Waals surface area contributed by atoms with Gasteiger partial charge < -0.3 is 19.9 Å². The van der Waals surface area contributed by atoms with Gasteiger partial charge in [-0.2, -0.15) is 0 Å². The summed E-state index contributed by atoms with van der Waals surface area (Å²) in [4.78, 5) is 4.62. The second kappa shape index (κ2) is 8.41. The summed E-state index contributed by atoms with van der Waals surface area (Å²) in [5.41, 5.74) is 4.79. The number of piperazine rings is 1. The number of aryl methyl sites for hydroxylation is 2. The van der Waals surface area contributed by atoms with Crippen molar-refractivity contribution in [1.82, 2.24) is 4.90 Å². The van der Waals surface area contributed by atoms with Crippen LogP contribution in [0.4, 0.5) is 11.4 Å². The molecule has 1 heterocycles. The zero-order valence-corrected chi connectivity index (χ0v) is 16.6. The third-order valence-corrected chi connectivity index (χ3v) is 5.19. The Morgan fingerprint density at radius 2 is 1.77 bits per heavy atom. The molecule has 2 aromatic carbocycles. The first kappa shape index (κ1) is 18.5. The van der Waals surface area contributed by atoms with Crippen LogP contribution in [0.3, 0.4) is 0 Å². The van der Waals surface area contributed by atoms with Crippen LogP contribution in [0.5, 0.6) is 5.75 Å². The SMILES string of the molecule is CCOc1ccccc1N1CCN(C(=S)Nc2ccc(C)c(C)c2)CC1. The van der Waals surface area contributed by atoms with E-state index in [9.17, 15) is 0 Å². The first-order valence-electron chi connectivity index (χ1n) is 9.18. The van der Waals surface area contributed by atoms with Gasteiger partial charge in [0.15, 0.2) is 5.11 Å². The molecule has 26 heavy (non-hydrogen) atoms. The molecule has 0 bridgehead atoms. The maximum Gasteiger partial charge on any atom is 0.173 e. The van der Waals surface area contributed by atoms with E-state index in [1.54, 1.807) is 0 Å². The van der Waals surface area contributed by atoms with Gasteiger partial charge in [-0.3, -0.25) is 0 Å². The lowest BCUT2D eigenvalue weighted by atomic mass is 10.1. The number of thiocarbonyl (C=S) groups is 1. The van der Waals surface area contributed by atoms with E-state index in [1.165, 1.54) is 16.8 Å². The van der Waals surface area contributed by atoms with Crippen molar-refractivity contribution >= 4 is 28.7 Å². The molecule has 2 aromatic rings. The molecule has 1 aliphatic rings. The number of hydrogen-bond donors (Lipinski definition) is 1. The van der Waals surface area contributed by atoms with E-state index in [4.69, 9.17) is 17.0 Å². The minimum atomic E-state index is 0.681. The van der Waals surface area contributed by atoms with Crippen molar-refractivity contribution in [3.8, 4) is 5.75 Å². The summed E-state index contributed by atoms with van der Waals surface area (Å²) in [7, 11) is 0. The topological polar surface area (TPSA) is 27.7 Å². The first-order valence-corrected chi connectivity index (χ1v) is 9.59. The average molecular weight is 370 g/mol. The highest BCUT2D eigenvalue weighted by molar-refractivity contribution is 7.80. The highest BCUT2D eigenvalue weighted by Crippen LogP contribution is 2.29. The number of hydrogen-bond acceptors (Lipinski definition) is 3. The molecule has 0 spiro atoms. The Bertz CT molecular complexity index is 770. The van der Waals surface area contributed by atoms with Gasteiger partial charge in [0.05, 0.1) is 12.3 Å². The minimum Gasteiger partial charge on any atom is -0.492 e. The molecule has 0 radical (unpaired) electrons. The summed E-state index contributed by atoms with van der Waals surface area (Å²) >= 11 is 5.63. The average Bonchev–Trinajstić information content (AvgIpc) is 2.66. The number of benzene rings is 2. The lowest BCUT2D eigenvalue weighted by Crippen LogP contribution is -2.50. The minimum absolute atomic E-state index is 0.681. The van der Waals surface area contributed by atoms with E-state index in [0.717, 1.165) is 42.7 Å². The molecular formula is C21H27N3OS. The van der Waals surface area contributed by atoms with Gasteiger partial charge in [0.2, 0.25) is 0 Å². The standard InChI is InChI=1S/C21H27N3OS/c1-4-25-20-8-6-5-7-19(20)23-11-13-24(14-12-23)21(26)22-18-10-9-16(2)17(3)15-18/h5-10,15H,4,11-14H2,1-3H3,(H,22,26). The van der Waals surface area contributed by atoms with Crippen LogP contribution < -0.4 is 15.0 Å². The third-order valence-electron chi connectivity index (χ3n) is 4.83. The maximum absolute atomic E-state index is 5.77. The van der Waals surface area contributed by atoms with Gasteiger partial charge in [-0.1, -0.05) is 18.2 Å². The smallest absolute Gasteiger partial charge is 0.173 e. The number of nitrogens with one attached hydrogen (secondary N) is 1. The van der Waals surface area contributed by atoms with E-state index in [0.29, 0.717) is 6.61 Å². The van der Waals surface area contributed by atoms with Crippen LogP contribution in [0, 0.1) is 13.8 Å². The van der Waals surface area contributed by atoms with E-state index in [2.05, 4.69) is 59.3 Å². The Balaban J connectivity index is 1.59. The summed E-state index contributed by atoms with van der Waals surface area (Å²) in [5.74, 6) is 0.958. The Morgan fingerprint density at radius 3 is 2.46 bits per heavy atom. The fourth-order valence-electron chi connectivity index (χ4n) is 3.17. The Hall–Kier alpha value is -2.27. The van der Waals surface area contributed by atoms with Crippen LogP contribution >= 0.6 is 12.2 Å². The summed E-state index contributed by atoms with van der Waals surface area (Å²) < 4.78 is 5.77. The van der Waals surface area contributed by atoms with Crippen LogP contribution in [0.2, 0.25) is 0 Å². The molecule has 5 heteroatoms. The second-order valence-electron chi connectivity index (χ2n) is 6.60. The largest absolute Gasteiger partial charge is 0.492 e. The predicted molar refractivity (Wildman–Crippen MR) is 114 cm³/mol. The molecule has 1 fully saturated rings. The van der Waals surface area contributed by atoms with E-state index >= 15 is 0 Å². The normalized spacial score (nSPS) is 14.3. The lowest BCUT2D eigenvalue weighted by molar-refractivity contribution is 0.336. The summed E-state index contributed by atoms with van der Waals surface area (Å²) in [6.45, 7) is 10.6. The van der Waals surface area contributed by atoms with Crippen LogP contribution in [-0.2, 0) is 0 Å². The molecule has 0 aromatic heterocycles. The first-order chi connectivity index (χ1) is 12.6. The lowest BCUT2D eigenvalue weighted by Gasteiger charge is -2.38. The molecule has 138 valence electrons. The summed E-state index contributed by atoms with van der Waals surface area (Å²) in [5, 5.41) is 4.18. The number of rotatable bonds is 4. The van der Waals surface area contributed by atoms with Crippen LogP contribution in [0.1, 0.15) is 18.1 Å². The highest BCUT2D eigenvalue weighted by Gasteiger charge is 2.21. The molecule has 4 nitrogen and oxygen atoms in total. The zero-order chi connectivity index (χ0) is 18.5. The van der Waals surface area contributed by atoms with Gasteiger partial charge in [-0.25, -0.2) is 0 Å². The van der Waals surface area contributed by atoms with Crippen LogP contribution in [0.15, 0.2) is 42.5 Å². The van der Waals surface area contributed by atoms with Crippen molar-refractivity contribution in [3.05, 3.63) is 53.6 Å². The summed E-state index contributed by atoms with van der Waals surface area (Å²) in [6, 6.07) is 14.6. The third kappa shape index (κ3) is 4.28. The number of para-hydroxylation sites is 2. The molecule has 0 amide bonds. The van der Waals surface area contributed by atoms with E-state index in [1.807, 2.05) is 19.1 Å². The van der Waals surface area contributed by atoms with Crippen molar-refractivity contribution in [2.24, 2.45) is 0 Å². The predicted octanol–water partition coefficient (Wildman–Crippen LogP) is 4.22. The highest BCUT2D eigenvalue weighted by atomic mass is 32.1. The Morgan fingerprint density at radius 1 is 1.04 bits per heavy atom. The number of nitrogens with zero attached hydrogens (tertiary/aromatic N) is 2. The molecule has 0 unspecified atom stereocenters. The number of anilines is 2. The maximum atomic E-state index is 5.77. The van der Waals surface area contributed by atoms with Crippen molar-refractivity contribution < 1.29 is 4.74 Å². The molecule has 1 saturated heterocycles. The monoisotopic (exact) mass is 369 g/mol.